The number of carbonyl (C=O) groups is 2. The van der Waals surface area contributed by atoms with E-state index < -0.39 is 0 Å². The summed E-state index contributed by atoms with van der Waals surface area (Å²) in [6.45, 7) is 2.67. The normalized spacial score (nSPS) is 18.9. The lowest BCUT2D eigenvalue weighted by Crippen LogP contribution is -2.44. The van der Waals surface area contributed by atoms with Crippen molar-refractivity contribution in [1.82, 2.24) is 15.6 Å². The van der Waals surface area contributed by atoms with Gasteiger partial charge in [-0.3, -0.25) is 14.6 Å². The lowest BCUT2D eigenvalue weighted by Gasteiger charge is -2.29. The first-order valence-electron chi connectivity index (χ1n) is 9.57. The van der Waals surface area contributed by atoms with E-state index in [1.165, 1.54) is 11.1 Å². The van der Waals surface area contributed by atoms with E-state index in [0.717, 1.165) is 24.8 Å². The van der Waals surface area contributed by atoms with E-state index in [4.69, 9.17) is 0 Å². The van der Waals surface area contributed by atoms with Crippen molar-refractivity contribution in [3.63, 3.8) is 0 Å². The van der Waals surface area contributed by atoms with Crippen molar-refractivity contribution in [2.24, 2.45) is 0 Å². The van der Waals surface area contributed by atoms with Crippen LogP contribution in [0.5, 0.6) is 0 Å². The Bertz CT molecular complexity index is 774. The molecule has 27 heavy (non-hydrogen) atoms. The highest BCUT2D eigenvalue weighted by molar-refractivity contribution is 5.80. The second-order valence-electron chi connectivity index (χ2n) is 7.45. The minimum atomic E-state index is -0.311. The number of carbonyl (C=O) groups excluding carboxylic acids is 2. The maximum atomic E-state index is 12.3. The van der Waals surface area contributed by atoms with E-state index >= 15 is 0 Å². The van der Waals surface area contributed by atoms with Gasteiger partial charge in [0.05, 0.1) is 0 Å². The van der Waals surface area contributed by atoms with Gasteiger partial charge in [-0.2, -0.15) is 0 Å². The Morgan fingerprint density at radius 1 is 1.15 bits per heavy atom. The Morgan fingerprint density at radius 2 is 1.89 bits per heavy atom. The van der Waals surface area contributed by atoms with Crippen LogP contribution in [0.3, 0.4) is 0 Å². The van der Waals surface area contributed by atoms with Crippen LogP contribution in [-0.2, 0) is 22.4 Å². The van der Waals surface area contributed by atoms with Gasteiger partial charge in [-0.1, -0.05) is 29.8 Å². The summed E-state index contributed by atoms with van der Waals surface area (Å²) in [6.07, 6.45) is 7.47. The molecule has 142 valence electrons. The standard InChI is InChI=1S/C22H27N3O2/c1-17-2-4-19(5-3-17)16-22(12-7-21(27)25-22)11-6-20(26)24-15-10-18-8-13-23-14-9-18/h2-5,8-9,13-14H,6-7,10-12,15-16H2,1H3,(H,24,26)(H,25,27). The average molecular weight is 365 g/mol. The molecule has 0 bridgehead atoms. The fraction of sp³-hybridized carbons (Fsp3) is 0.409. The Labute approximate surface area is 160 Å². The second kappa shape index (κ2) is 8.80. The molecular weight excluding hydrogens is 338 g/mol. The number of amides is 2. The molecule has 1 aliphatic heterocycles. The lowest BCUT2D eigenvalue weighted by molar-refractivity contribution is -0.122. The highest BCUT2D eigenvalue weighted by Gasteiger charge is 2.37. The monoisotopic (exact) mass is 365 g/mol. The van der Waals surface area contributed by atoms with E-state index in [-0.39, 0.29) is 17.4 Å². The van der Waals surface area contributed by atoms with Crippen LogP contribution in [-0.4, -0.2) is 28.9 Å². The molecule has 0 aliphatic carbocycles. The quantitative estimate of drug-likeness (QED) is 0.756. The molecule has 1 aromatic heterocycles. The third-order valence-corrected chi connectivity index (χ3v) is 5.21. The zero-order valence-electron chi connectivity index (χ0n) is 15.8. The van der Waals surface area contributed by atoms with Gasteiger partial charge in [0.15, 0.2) is 0 Å². The minimum Gasteiger partial charge on any atom is -0.356 e. The molecule has 1 atom stereocenters. The lowest BCUT2D eigenvalue weighted by atomic mass is 9.84. The number of aryl methyl sites for hydroxylation is 1. The van der Waals surface area contributed by atoms with E-state index in [1.54, 1.807) is 12.4 Å². The maximum Gasteiger partial charge on any atom is 0.220 e. The smallest absolute Gasteiger partial charge is 0.220 e. The molecule has 5 nitrogen and oxygen atoms in total. The zero-order valence-corrected chi connectivity index (χ0v) is 15.8. The number of aromatic nitrogens is 1. The van der Waals surface area contributed by atoms with Crippen LogP contribution in [0.2, 0.25) is 0 Å². The van der Waals surface area contributed by atoms with E-state index in [1.807, 2.05) is 12.1 Å². The van der Waals surface area contributed by atoms with Crippen molar-refractivity contribution in [2.75, 3.05) is 6.54 Å². The van der Waals surface area contributed by atoms with E-state index in [0.29, 0.717) is 25.8 Å². The summed E-state index contributed by atoms with van der Waals surface area (Å²) in [4.78, 5) is 28.1. The topological polar surface area (TPSA) is 71.1 Å². The summed E-state index contributed by atoms with van der Waals surface area (Å²) >= 11 is 0. The molecule has 0 radical (unpaired) electrons. The second-order valence-corrected chi connectivity index (χ2v) is 7.45. The third kappa shape index (κ3) is 5.64. The molecule has 0 saturated carbocycles. The van der Waals surface area contributed by atoms with Gasteiger partial charge in [-0.25, -0.2) is 0 Å². The van der Waals surface area contributed by atoms with Gasteiger partial charge < -0.3 is 10.6 Å². The fourth-order valence-corrected chi connectivity index (χ4v) is 3.62. The number of pyridine rings is 1. The highest BCUT2D eigenvalue weighted by Crippen LogP contribution is 2.29. The fourth-order valence-electron chi connectivity index (χ4n) is 3.62. The molecule has 2 heterocycles. The van der Waals surface area contributed by atoms with Gasteiger partial charge in [0.2, 0.25) is 11.8 Å². The third-order valence-electron chi connectivity index (χ3n) is 5.21. The molecule has 3 rings (SSSR count). The minimum absolute atomic E-state index is 0.0356. The molecule has 2 N–H and O–H groups in total. The molecule has 1 unspecified atom stereocenters. The number of benzene rings is 1. The van der Waals surface area contributed by atoms with Crippen molar-refractivity contribution in [2.45, 2.75) is 51.0 Å². The molecule has 1 fully saturated rings. The van der Waals surface area contributed by atoms with E-state index in [9.17, 15) is 9.59 Å². The summed E-state index contributed by atoms with van der Waals surface area (Å²) in [5.41, 5.74) is 3.26. The molecule has 1 aliphatic rings. The summed E-state index contributed by atoms with van der Waals surface area (Å²) in [5.74, 6) is 0.119. The van der Waals surface area contributed by atoms with Crippen LogP contribution >= 0.6 is 0 Å². The largest absolute Gasteiger partial charge is 0.356 e. The van der Waals surface area contributed by atoms with Crippen LogP contribution in [0, 0.1) is 6.92 Å². The summed E-state index contributed by atoms with van der Waals surface area (Å²) in [6, 6.07) is 12.3. The number of nitrogens with one attached hydrogen (secondary N) is 2. The van der Waals surface area contributed by atoms with Crippen LogP contribution in [0.4, 0.5) is 0 Å². The molecular formula is C22H27N3O2. The molecule has 5 heteroatoms. The van der Waals surface area contributed by atoms with Crippen molar-refractivity contribution in [1.29, 1.82) is 0 Å². The van der Waals surface area contributed by atoms with E-state index in [2.05, 4.69) is 46.8 Å². The number of hydrogen-bond donors (Lipinski definition) is 2. The molecule has 2 aromatic rings. The summed E-state index contributed by atoms with van der Waals surface area (Å²) in [7, 11) is 0. The average Bonchev–Trinajstić information content (AvgIpc) is 3.04. The van der Waals surface area contributed by atoms with Gasteiger partial charge in [-0.05, 0) is 55.9 Å². The van der Waals surface area contributed by atoms with Gasteiger partial charge in [-0.15, -0.1) is 0 Å². The predicted octanol–water partition coefficient (Wildman–Crippen LogP) is 2.72. The summed E-state index contributed by atoms with van der Waals surface area (Å²) in [5, 5.41) is 6.12. The van der Waals surface area contributed by atoms with Gasteiger partial charge in [0, 0.05) is 37.3 Å². The first kappa shape index (κ1) is 19.1. The van der Waals surface area contributed by atoms with Crippen LogP contribution in [0.25, 0.3) is 0 Å². The predicted molar refractivity (Wildman–Crippen MR) is 105 cm³/mol. The molecule has 1 saturated heterocycles. The first-order valence-corrected chi connectivity index (χ1v) is 9.57. The number of hydrogen-bond acceptors (Lipinski definition) is 3. The molecule has 2 amide bonds. The Kier molecular flexibility index (Phi) is 6.22. The number of nitrogens with zero attached hydrogens (tertiary/aromatic N) is 1. The molecule has 0 spiro atoms. The van der Waals surface area contributed by atoms with Gasteiger partial charge >= 0.3 is 0 Å². The number of rotatable bonds is 8. The summed E-state index contributed by atoms with van der Waals surface area (Å²) < 4.78 is 0. The SMILES string of the molecule is Cc1ccc(CC2(CCC(=O)NCCc3ccncc3)CCC(=O)N2)cc1. The maximum absolute atomic E-state index is 12.3. The van der Waals surface area contributed by atoms with Crippen LogP contribution in [0.15, 0.2) is 48.8 Å². The van der Waals surface area contributed by atoms with Crippen molar-refractivity contribution in [3.05, 3.63) is 65.5 Å². The first-order chi connectivity index (χ1) is 13.0. The van der Waals surface area contributed by atoms with Crippen LogP contribution in [0.1, 0.15) is 42.4 Å². The Hall–Kier alpha value is -2.69. The van der Waals surface area contributed by atoms with Crippen molar-refractivity contribution in [3.8, 4) is 0 Å². The Morgan fingerprint density at radius 3 is 2.56 bits per heavy atom. The van der Waals surface area contributed by atoms with Crippen molar-refractivity contribution < 1.29 is 9.59 Å². The highest BCUT2D eigenvalue weighted by atomic mass is 16.2. The Balaban J connectivity index is 1.51. The van der Waals surface area contributed by atoms with Crippen LogP contribution < -0.4 is 10.6 Å². The van der Waals surface area contributed by atoms with Gasteiger partial charge in [0.1, 0.15) is 0 Å². The zero-order chi connectivity index (χ0) is 19.1. The van der Waals surface area contributed by atoms with Crippen molar-refractivity contribution >= 4 is 11.8 Å². The molecule has 1 aromatic carbocycles. The van der Waals surface area contributed by atoms with Gasteiger partial charge in [0.25, 0.3) is 0 Å².